The van der Waals surface area contributed by atoms with Crippen LogP contribution in [0.25, 0.3) is 10.4 Å². The molecule has 16 nitrogen and oxygen atoms in total. The van der Waals surface area contributed by atoms with Crippen molar-refractivity contribution in [2.24, 2.45) is 22.5 Å². The number of nitrogens with two attached hydrogens (primary N) is 1. The van der Waals surface area contributed by atoms with Crippen LogP contribution in [0.4, 0.5) is 5.82 Å². The van der Waals surface area contributed by atoms with Crippen LogP contribution in [0.5, 0.6) is 5.75 Å². The van der Waals surface area contributed by atoms with E-state index in [2.05, 4.69) is 27.4 Å². The zero-order valence-electron chi connectivity index (χ0n) is 41.8. The summed E-state index contributed by atoms with van der Waals surface area (Å²) in [5.41, 5.74) is 10.9. The van der Waals surface area contributed by atoms with Crippen molar-refractivity contribution >= 4 is 64.1 Å². The normalized spacial score (nSPS) is 22.2. The third kappa shape index (κ3) is 12.5. The number of pyridine rings is 1. The Hall–Kier alpha value is -4.88. The fourth-order valence-corrected chi connectivity index (χ4v) is 12.3. The van der Waals surface area contributed by atoms with E-state index in [1.165, 1.54) is 23.6 Å². The average molecular weight is 1030 g/mol. The zero-order chi connectivity index (χ0) is 50.6. The van der Waals surface area contributed by atoms with Crippen molar-refractivity contribution in [1.29, 1.82) is 0 Å². The molecule has 4 fully saturated rings. The number of hydrogen-bond donors (Lipinski definition) is 4. The topological polar surface area (TPSA) is 209 Å². The molecule has 71 heavy (non-hydrogen) atoms. The van der Waals surface area contributed by atoms with Crippen molar-refractivity contribution in [2.45, 2.75) is 146 Å². The van der Waals surface area contributed by atoms with Crippen molar-refractivity contribution in [2.75, 3.05) is 44.2 Å². The number of aryl methyl sites for hydroxylation is 1. The molecule has 0 unspecified atom stereocenters. The number of rotatable bonds is 14. The molecule has 0 spiro atoms. The van der Waals surface area contributed by atoms with Gasteiger partial charge in [0.15, 0.2) is 0 Å². The molecule has 1 aliphatic carbocycles. The molecular weight excluding hydrogens is 960 g/mol. The minimum atomic E-state index is -0.909. The van der Waals surface area contributed by atoms with E-state index < -0.39 is 35.4 Å². The van der Waals surface area contributed by atoms with Gasteiger partial charge in [-0.3, -0.25) is 24.2 Å². The van der Waals surface area contributed by atoms with E-state index in [4.69, 9.17) is 37.0 Å². The predicted molar refractivity (Wildman–Crippen MR) is 276 cm³/mol. The molecule has 0 bridgehead atoms. The number of anilines is 1. The molecular formula is C52H69ClN10O6S2. The third-order valence-corrected chi connectivity index (χ3v) is 17.3. The highest BCUT2D eigenvalue weighted by molar-refractivity contribution is 7.99. The summed E-state index contributed by atoms with van der Waals surface area (Å²) in [4.78, 5) is 79.9. The van der Waals surface area contributed by atoms with Crippen LogP contribution in [0.3, 0.4) is 0 Å². The van der Waals surface area contributed by atoms with Gasteiger partial charge in [-0.15, -0.1) is 11.3 Å². The number of aliphatic hydroxyl groups excluding tert-OH is 1. The van der Waals surface area contributed by atoms with Gasteiger partial charge in [-0.05, 0) is 93.4 Å². The van der Waals surface area contributed by atoms with Crippen LogP contribution in [0, 0.1) is 23.7 Å². The number of aromatic nitrogens is 4. The second-order valence-electron chi connectivity index (χ2n) is 21.2. The summed E-state index contributed by atoms with van der Waals surface area (Å²) < 4.78 is 6.77. The van der Waals surface area contributed by atoms with Gasteiger partial charge < -0.3 is 40.9 Å². The maximum absolute atomic E-state index is 14.0. The Morgan fingerprint density at radius 1 is 1.00 bits per heavy atom. The summed E-state index contributed by atoms with van der Waals surface area (Å²) in [6, 6.07) is 6.07. The molecule has 8 rings (SSSR count). The minimum Gasteiger partial charge on any atom is -0.490 e. The Labute approximate surface area is 430 Å². The van der Waals surface area contributed by atoms with E-state index in [0.717, 1.165) is 81.9 Å². The van der Waals surface area contributed by atoms with E-state index in [1.807, 2.05) is 74.8 Å². The molecule has 0 radical (unpaired) electrons. The van der Waals surface area contributed by atoms with E-state index in [1.54, 1.807) is 17.5 Å². The zero-order valence-corrected chi connectivity index (χ0v) is 44.2. The molecule has 19 heteroatoms. The number of carbonyl (C=O) groups is 4. The average Bonchev–Trinajstić information content (AvgIpc) is 3.98. The van der Waals surface area contributed by atoms with E-state index in [9.17, 15) is 24.3 Å². The molecule has 3 saturated heterocycles. The summed E-state index contributed by atoms with van der Waals surface area (Å²) in [5.74, 6) is 0.576. The standard InChI is InChI=1S/C52H69ClN10O6S2/c1-31-46(70-30-59-31)35-7-8-36(25-58-48(66)39-24-37(65)28-63(39)50(68)47(51(3,4)5)60-32(2)64)40(23-35)69-38-11-9-34(10-12-38)49(67)62-19-14-33(15-20-62)45-44(53)41(13-18-55-45)71-43-27-56-42(26-57-43)61-21-16-52(6,29-54)17-22-61/h7-8,13,18,23,26-27,30,33-34,37-39,47,65H,9-12,14-17,19-22,24-25,28-29,54H2,1-6H3,(H,58,66)(H,60,64)/t34?,37-,38?,39+,47-/m1/s1. The fourth-order valence-electron chi connectivity index (χ4n) is 10.3. The molecule has 4 amide bonds. The van der Waals surface area contributed by atoms with Gasteiger partial charge in [0, 0.05) is 81.1 Å². The van der Waals surface area contributed by atoms with Gasteiger partial charge in [0.05, 0.1) is 51.4 Å². The van der Waals surface area contributed by atoms with Crippen LogP contribution in [0.1, 0.15) is 115 Å². The first-order valence-electron chi connectivity index (χ1n) is 25.0. The summed E-state index contributed by atoms with van der Waals surface area (Å²) >= 11 is 10.1. The Morgan fingerprint density at radius 3 is 2.37 bits per heavy atom. The van der Waals surface area contributed by atoms with Crippen LogP contribution in [-0.4, -0.2) is 122 Å². The van der Waals surface area contributed by atoms with Gasteiger partial charge >= 0.3 is 0 Å². The quantitative estimate of drug-likeness (QED) is 0.0991. The first-order chi connectivity index (χ1) is 33.9. The lowest BCUT2D eigenvalue weighted by atomic mass is 9.80. The third-order valence-electron chi connectivity index (χ3n) is 14.9. The van der Waals surface area contributed by atoms with Gasteiger partial charge in [0.2, 0.25) is 23.6 Å². The molecule has 4 aromatic rings. The summed E-state index contributed by atoms with van der Waals surface area (Å²) in [7, 11) is 0. The van der Waals surface area contributed by atoms with Crippen molar-refractivity contribution in [3.8, 4) is 16.2 Å². The summed E-state index contributed by atoms with van der Waals surface area (Å²) in [5, 5.41) is 17.8. The van der Waals surface area contributed by atoms with Gasteiger partial charge in [0.1, 0.15) is 28.7 Å². The number of amides is 4. The lowest BCUT2D eigenvalue weighted by Gasteiger charge is -2.39. The number of likely N-dealkylation sites (tertiary alicyclic amines) is 2. The number of carbonyl (C=O) groups excluding carboxylic acids is 4. The second kappa shape index (κ2) is 22.5. The lowest BCUT2D eigenvalue weighted by Crippen LogP contribution is -2.57. The number of ether oxygens (including phenoxy) is 1. The molecule has 1 saturated carbocycles. The largest absolute Gasteiger partial charge is 0.490 e. The molecule has 3 aromatic heterocycles. The van der Waals surface area contributed by atoms with Crippen molar-refractivity contribution in [3.05, 3.63) is 70.3 Å². The van der Waals surface area contributed by atoms with Crippen LogP contribution in [0.2, 0.25) is 5.02 Å². The first kappa shape index (κ1) is 52.4. The maximum atomic E-state index is 14.0. The Bertz CT molecular complexity index is 2530. The van der Waals surface area contributed by atoms with Gasteiger partial charge in [-0.2, -0.15) is 0 Å². The summed E-state index contributed by atoms with van der Waals surface area (Å²) in [6.07, 6.45) is 11.0. The molecule has 382 valence electrons. The molecule has 3 aliphatic heterocycles. The highest BCUT2D eigenvalue weighted by atomic mass is 35.5. The molecule has 5 N–H and O–H groups in total. The van der Waals surface area contributed by atoms with E-state index in [-0.39, 0.29) is 54.7 Å². The number of benzene rings is 1. The van der Waals surface area contributed by atoms with Crippen LogP contribution < -0.4 is 26.0 Å². The molecule has 6 heterocycles. The van der Waals surface area contributed by atoms with E-state index in [0.29, 0.717) is 56.1 Å². The lowest BCUT2D eigenvalue weighted by molar-refractivity contribution is -0.143. The van der Waals surface area contributed by atoms with Gasteiger partial charge in [0.25, 0.3) is 0 Å². The van der Waals surface area contributed by atoms with E-state index >= 15 is 0 Å². The number of nitrogens with zero attached hydrogens (tertiary/aromatic N) is 7. The summed E-state index contributed by atoms with van der Waals surface area (Å²) in [6.45, 7) is 15.0. The Morgan fingerprint density at radius 2 is 1.73 bits per heavy atom. The second-order valence-corrected chi connectivity index (χ2v) is 23.5. The minimum absolute atomic E-state index is 0.00673. The van der Waals surface area contributed by atoms with Crippen LogP contribution in [0.15, 0.2) is 58.3 Å². The van der Waals surface area contributed by atoms with Crippen LogP contribution >= 0.6 is 34.7 Å². The molecule has 4 aliphatic rings. The Kier molecular flexibility index (Phi) is 16.6. The van der Waals surface area contributed by atoms with Crippen molar-refractivity contribution in [1.82, 2.24) is 40.4 Å². The van der Waals surface area contributed by atoms with Gasteiger partial charge in [-0.1, -0.05) is 63.2 Å². The number of piperidine rings is 2. The first-order valence-corrected chi connectivity index (χ1v) is 27.1. The van der Waals surface area contributed by atoms with Crippen molar-refractivity contribution in [3.63, 3.8) is 0 Å². The number of hydrogen-bond acceptors (Lipinski definition) is 14. The number of β-amino-alcohol motifs (C(OH)–C–C–N with tert-alkyl or cyclic N) is 1. The van der Waals surface area contributed by atoms with Crippen molar-refractivity contribution < 1.29 is 29.0 Å². The SMILES string of the molecule is CC(=O)N[C@H](C(=O)N1C[C@H](O)C[C@H]1C(=O)NCc1ccc(-c2scnc2C)cc1OC1CCC(C(=O)N2CCC(c3nccc(Sc4cnc(N5CCC(C)(CN)CC5)cn4)c3Cl)CC2)CC1)C(C)(C)C. The maximum Gasteiger partial charge on any atom is 0.246 e. The smallest absolute Gasteiger partial charge is 0.246 e. The number of halogens is 1. The van der Waals surface area contributed by atoms with Gasteiger partial charge in [-0.25, -0.2) is 15.0 Å². The predicted octanol–water partition coefficient (Wildman–Crippen LogP) is 7.15. The molecule has 3 atom stereocenters. The van der Waals surface area contributed by atoms with Crippen LogP contribution in [-0.2, 0) is 25.7 Å². The highest BCUT2D eigenvalue weighted by Crippen LogP contribution is 2.41. The monoisotopic (exact) mass is 1030 g/mol. The fraction of sp³-hybridized carbons (Fsp3) is 0.577. The Balaban J connectivity index is 0.850. The highest BCUT2D eigenvalue weighted by Gasteiger charge is 2.44. The molecule has 1 aromatic carbocycles. The number of thiazole rings is 1. The number of aliphatic hydroxyl groups is 1. The number of nitrogens with one attached hydrogen (secondary N) is 2.